The van der Waals surface area contributed by atoms with Gasteiger partial charge in [0.15, 0.2) is 0 Å². The van der Waals surface area contributed by atoms with Gasteiger partial charge in [0.05, 0.1) is 19.0 Å². The third kappa shape index (κ3) is 3.65. The number of hydrogen-bond donors (Lipinski definition) is 2. The van der Waals surface area contributed by atoms with Crippen LogP contribution in [0.25, 0.3) is 0 Å². The molecule has 1 aliphatic carbocycles. The molecule has 2 N–H and O–H groups in total. The number of imide groups is 1. The Morgan fingerprint density at radius 3 is 2.39 bits per heavy atom. The first-order valence-corrected chi connectivity index (χ1v) is 9.45. The van der Waals surface area contributed by atoms with Gasteiger partial charge in [-0.25, -0.2) is 13.6 Å². The summed E-state index contributed by atoms with van der Waals surface area (Å²) >= 11 is 0. The zero-order valence-corrected chi connectivity index (χ0v) is 15.2. The van der Waals surface area contributed by atoms with Crippen molar-refractivity contribution in [3.05, 3.63) is 29.3 Å². The van der Waals surface area contributed by atoms with Gasteiger partial charge in [-0.05, 0) is 37.8 Å². The van der Waals surface area contributed by atoms with Gasteiger partial charge in [-0.3, -0.25) is 14.9 Å². The molecule has 1 unspecified atom stereocenters. The second-order valence-electron chi connectivity index (χ2n) is 7.53. The van der Waals surface area contributed by atoms with Crippen LogP contribution in [-0.2, 0) is 14.3 Å². The highest BCUT2D eigenvalue weighted by molar-refractivity contribution is 6.01. The summed E-state index contributed by atoms with van der Waals surface area (Å²) in [5.74, 6) is -3.79. The van der Waals surface area contributed by atoms with E-state index in [1.165, 1.54) is 12.1 Å². The normalized spacial score (nSPS) is 22.9. The van der Waals surface area contributed by atoms with Crippen LogP contribution in [0.5, 0.6) is 0 Å². The van der Waals surface area contributed by atoms with E-state index in [1.54, 1.807) is 4.90 Å². The SMILES string of the molecule is O=C1CCC(c2c(F)cc(N3CC(OC(=O)NC4CCC4)C3)cc2F)C(=O)N1. The van der Waals surface area contributed by atoms with Crippen molar-refractivity contribution in [3.63, 3.8) is 0 Å². The maximum atomic E-state index is 14.6. The van der Waals surface area contributed by atoms with Crippen LogP contribution >= 0.6 is 0 Å². The van der Waals surface area contributed by atoms with Crippen molar-refractivity contribution >= 4 is 23.6 Å². The van der Waals surface area contributed by atoms with E-state index in [-0.39, 0.29) is 30.6 Å². The topological polar surface area (TPSA) is 87.7 Å². The maximum absolute atomic E-state index is 14.6. The Bertz CT molecular complexity index is 798. The lowest BCUT2D eigenvalue weighted by atomic mass is 9.89. The predicted octanol–water partition coefficient (Wildman–Crippen LogP) is 1.95. The number of hydrogen-bond acceptors (Lipinski definition) is 5. The van der Waals surface area contributed by atoms with Crippen molar-refractivity contribution in [2.45, 2.75) is 50.2 Å². The summed E-state index contributed by atoms with van der Waals surface area (Å²) in [4.78, 5) is 36.6. The summed E-state index contributed by atoms with van der Waals surface area (Å²) in [5.41, 5.74) is 0.00671. The van der Waals surface area contributed by atoms with Crippen LogP contribution in [0.1, 0.15) is 43.6 Å². The van der Waals surface area contributed by atoms with Crippen LogP contribution < -0.4 is 15.5 Å². The third-order valence-electron chi connectivity index (χ3n) is 5.57. The Morgan fingerprint density at radius 1 is 1.14 bits per heavy atom. The molecule has 0 aromatic heterocycles. The van der Waals surface area contributed by atoms with E-state index in [0.29, 0.717) is 18.8 Å². The van der Waals surface area contributed by atoms with E-state index in [1.807, 2.05) is 0 Å². The number of carbonyl (C=O) groups is 3. The van der Waals surface area contributed by atoms with Crippen molar-refractivity contribution in [1.82, 2.24) is 10.6 Å². The van der Waals surface area contributed by atoms with Crippen LogP contribution in [0.15, 0.2) is 12.1 Å². The molecule has 2 saturated heterocycles. The van der Waals surface area contributed by atoms with Gasteiger partial charge < -0.3 is 15.0 Å². The number of halogens is 2. The van der Waals surface area contributed by atoms with Crippen LogP contribution in [0.2, 0.25) is 0 Å². The molecule has 9 heteroatoms. The smallest absolute Gasteiger partial charge is 0.407 e. The molecule has 2 heterocycles. The highest BCUT2D eigenvalue weighted by Crippen LogP contribution is 2.33. The van der Waals surface area contributed by atoms with E-state index >= 15 is 0 Å². The van der Waals surface area contributed by atoms with E-state index < -0.39 is 35.5 Å². The van der Waals surface area contributed by atoms with Crippen LogP contribution in [0.3, 0.4) is 0 Å². The fourth-order valence-electron chi connectivity index (χ4n) is 3.68. The zero-order valence-electron chi connectivity index (χ0n) is 15.2. The Balaban J connectivity index is 1.37. The van der Waals surface area contributed by atoms with Gasteiger partial charge in [0.1, 0.15) is 17.7 Å². The Kier molecular flexibility index (Phi) is 4.91. The van der Waals surface area contributed by atoms with Gasteiger partial charge in [-0.2, -0.15) is 0 Å². The molecule has 2 aliphatic heterocycles. The first-order valence-electron chi connectivity index (χ1n) is 9.45. The van der Waals surface area contributed by atoms with Gasteiger partial charge >= 0.3 is 6.09 Å². The number of ether oxygens (including phenoxy) is 1. The summed E-state index contributed by atoms with van der Waals surface area (Å²) in [6.45, 7) is 0.684. The minimum absolute atomic E-state index is 0.0467. The van der Waals surface area contributed by atoms with Crippen LogP contribution in [0, 0.1) is 11.6 Å². The van der Waals surface area contributed by atoms with Crippen molar-refractivity contribution in [1.29, 1.82) is 0 Å². The minimum atomic E-state index is -1.02. The standard InChI is InChI=1S/C19H21F2N3O4/c20-14-6-11(7-15(21)17(14)13-4-5-16(25)23-18(13)26)24-8-12(9-24)28-19(27)22-10-2-1-3-10/h6-7,10,12-13H,1-5,8-9H2,(H,22,27)(H,23,25,26). The largest absolute Gasteiger partial charge is 0.442 e. The molecule has 0 bridgehead atoms. The highest BCUT2D eigenvalue weighted by Gasteiger charge is 2.35. The Morgan fingerprint density at radius 2 is 1.82 bits per heavy atom. The van der Waals surface area contributed by atoms with Crippen molar-refractivity contribution < 1.29 is 27.9 Å². The number of rotatable bonds is 4. The number of benzene rings is 1. The number of amides is 3. The quantitative estimate of drug-likeness (QED) is 0.764. The number of anilines is 1. The van der Waals surface area contributed by atoms with E-state index in [4.69, 9.17) is 4.74 Å². The van der Waals surface area contributed by atoms with Gasteiger partial charge in [0, 0.05) is 23.7 Å². The van der Waals surface area contributed by atoms with Crippen molar-refractivity contribution in [2.24, 2.45) is 0 Å². The molecule has 3 amide bonds. The summed E-state index contributed by atoms with van der Waals surface area (Å²) in [5, 5.41) is 4.89. The first kappa shape index (κ1) is 18.6. The molecule has 1 aromatic carbocycles. The van der Waals surface area contributed by atoms with E-state index in [0.717, 1.165) is 19.3 Å². The first-order chi connectivity index (χ1) is 13.4. The van der Waals surface area contributed by atoms with Crippen LogP contribution in [0.4, 0.5) is 19.3 Å². The fraction of sp³-hybridized carbons (Fsp3) is 0.526. The lowest BCUT2D eigenvalue weighted by Crippen LogP contribution is -2.55. The van der Waals surface area contributed by atoms with Crippen molar-refractivity contribution in [3.8, 4) is 0 Å². The summed E-state index contributed by atoms with van der Waals surface area (Å²) in [7, 11) is 0. The second-order valence-corrected chi connectivity index (χ2v) is 7.53. The van der Waals surface area contributed by atoms with E-state index in [9.17, 15) is 23.2 Å². The van der Waals surface area contributed by atoms with Gasteiger partial charge in [-0.15, -0.1) is 0 Å². The average Bonchev–Trinajstić information content (AvgIpc) is 2.55. The number of carbonyl (C=O) groups excluding carboxylic acids is 3. The maximum Gasteiger partial charge on any atom is 0.407 e. The molecule has 1 saturated carbocycles. The predicted molar refractivity (Wildman–Crippen MR) is 94.7 cm³/mol. The molecular weight excluding hydrogens is 372 g/mol. The monoisotopic (exact) mass is 393 g/mol. The second kappa shape index (κ2) is 7.37. The summed E-state index contributed by atoms with van der Waals surface area (Å²) in [6, 6.07) is 2.53. The lowest BCUT2D eigenvalue weighted by Gasteiger charge is -2.40. The number of alkyl carbamates (subject to hydrolysis) is 1. The molecule has 0 spiro atoms. The van der Waals surface area contributed by atoms with Crippen LogP contribution in [-0.4, -0.2) is 43.1 Å². The molecule has 28 heavy (non-hydrogen) atoms. The summed E-state index contributed by atoms with van der Waals surface area (Å²) in [6.07, 6.45) is 2.36. The molecular formula is C19H21F2N3O4. The molecule has 7 nitrogen and oxygen atoms in total. The average molecular weight is 393 g/mol. The van der Waals surface area contributed by atoms with Gasteiger partial charge in [-0.1, -0.05) is 0 Å². The Hall–Kier alpha value is -2.71. The van der Waals surface area contributed by atoms with Gasteiger partial charge in [0.25, 0.3) is 0 Å². The van der Waals surface area contributed by atoms with Crippen molar-refractivity contribution in [2.75, 3.05) is 18.0 Å². The van der Waals surface area contributed by atoms with Gasteiger partial charge in [0.2, 0.25) is 11.8 Å². The van der Waals surface area contributed by atoms with E-state index in [2.05, 4.69) is 10.6 Å². The molecule has 0 radical (unpaired) electrons. The number of nitrogens with zero attached hydrogens (tertiary/aromatic N) is 1. The summed E-state index contributed by atoms with van der Waals surface area (Å²) < 4.78 is 34.4. The molecule has 3 aliphatic rings. The molecule has 4 rings (SSSR count). The highest BCUT2D eigenvalue weighted by atomic mass is 19.1. The molecule has 150 valence electrons. The number of nitrogens with one attached hydrogen (secondary N) is 2. The molecule has 1 atom stereocenters. The zero-order chi connectivity index (χ0) is 19.8. The lowest BCUT2D eigenvalue weighted by molar-refractivity contribution is -0.134. The number of piperidine rings is 1. The molecule has 1 aromatic rings. The Labute approximate surface area is 160 Å². The third-order valence-corrected chi connectivity index (χ3v) is 5.57. The molecule has 3 fully saturated rings. The fourth-order valence-corrected chi connectivity index (χ4v) is 3.68. The minimum Gasteiger partial charge on any atom is -0.442 e.